The summed E-state index contributed by atoms with van der Waals surface area (Å²) in [7, 11) is -3.65. The minimum absolute atomic E-state index is 0.131. The average molecular weight is 448 g/mol. The quantitative estimate of drug-likeness (QED) is 0.509. The van der Waals surface area contributed by atoms with E-state index in [1.807, 2.05) is 42.5 Å². The van der Waals surface area contributed by atoms with Crippen molar-refractivity contribution in [2.75, 3.05) is 5.32 Å². The van der Waals surface area contributed by atoms with E-state index < -0.39 is 10.0 Å². The molecule has 0 radical (unpaired) electrons. The number of benzene rings is 3. The number of carbonyl (C=O) groups is 1. The number of hydrogen-bond acceptors (Lipinski definition) is 4. The number of sulfonamides is 1. The van der Waals surface area contributed by atoms with Crippen molar-refractivity contribution in [3.05, 3.63) is 95.6 Å². The first-order valence-corrected chi connectivity index (χ1v) is 11.8. The van der Waals surface area contributed by atoms with E-state index in [1.165, 1.54) is 0 Å². The second-order valence-corrected chi connectivity index (χ2v) is 9.19. The summed E-state index contributed by atoms with van der Waals surface area (Å²) in [6, 6.07) is 24.8. The fourth-order valence-electron chi connectivity index (χ4n) is 3.22. The van der Waals surface area contributed by atoms with Crippen molar-refractivity contribution in [3.8, 4) is 6.07 Å². The van der Waals surface area contributed by atoms with E-state index in [-0.39, 0.29) is 23.3 Å². The zero-order chi connectivity index (χ0) is 23.0. The second-order valence-electron chi connectivity index (χ2n) is 7.48. The molecule has 1 atom stereocenters. The summed E-state index contributed by atoms with van der Waals surface area (Å²) in [5, 5.41) is 11.5. The Kier molecular flexibility index (Phi) is 7.77. The molecule has 0 bridgehead atoms. The Hall–Kier alpha value is -3.47. The Morgan fingerprint density at radius 1 is 0.938 bits per heavy atom. The van der Waals surface area contributed by atoms with Crippen molar-refractivity contribution < 1.29 is 13.2 Å². The molecule has 0 aliphatic heterocycles. The van der Waals surface area contributed by atoms with Crippen molar-refractivity contribution in [2.24, 2.45) is 0 Å². The van der Waals surface area contributed by atoms with Gasteiger partial charge in [0.15, 0.2) is 0 Å². The zero-order valence-corrected chi connectivity index (χ0v) is 18.6. The van der Waals surface area contributed by atoms with Crippen molar-refractivity contribution in [1.29, 1.82) is 5.26 Å². The SMILES string of the molecule is CC(NS(=O)(=O)c1ccc(CCC(=O)Nc2ccc(CC#N)cc2)cc1)c1ccccc1. The lowest BCUT2D eigenvalue weighted by Gasteiger charge is -2.15. The van der Waals surface area contributed by atoms with Gasteiger partial charge in [-0.25, -0.2) is 13.1 Å². The Morgan fingerprint density at radius 2 is 1.56 bits per heavy atom. The maximum Gasteiger partial charge on any atom is 0.241 e. The van der Waals surface area contributed by atoms with Crippen LogP contribution >= 0.6 is 0 Å². The van der Waals surface area contributed by atoms with Gasteiger partial charge in [0.25, 0.3) is 0 Å². The molecule has 3 rings (SSSR count). The van der Waals surface area contributed by atoms with Crippen LogP contribution in [0.3, 0.4) is 0 Å². The smallest absolute Gasteiger partial charge is 0.241 e. The summed E-state index contributed by atoms with van der Waals surface area (Å²) in [4.78, 5) is 12.4. The molecule has 0 spiro atoms. The molecule has 0 aliphatic rings. The van der Waals surface area contributed by atoms with Crippen LogP contribution in [0.5, 0.6) is 0 Å². The predicted octanol–water partition coefficient (Wildman–Crippen LogP) is 4.36. The number of anilines is 1. The maximum absolute atomic E-state index is 12.7. The van der Waals surface area contributed by atoms with E-state index in [1.54, 1.807) is 43.3 Å². The number of hydrogen-bond donors (Lipinski definition) is 2. The first kappa shape index (κ1) is 23.2. The van der Waals surface area contributed by atoms with Crippen LogP contribution in [0.1, 0.15) is 36.1 Å². The molecule has 0 saturated heterocycles. The fraction of sp³-hybridized carbons (Fsp3) is 0.200. The average Bonchev–Trinajstić information content (AvgIpc) is 2.80. The molecule has 0 fully saturated rings. The first-order valence-electron chi connectivity index (χ1n) is 10.3. The molecule has 0 aliphatic carbocycles. The third-order valence-corrected chi connectivity index (χ3v) is 6.58. The van der Waals surface area contributed by atoms with Gasteiger partial charge in [0, 0.05) is 18.2 Å². The van der Waals surface area contributed by atoms with Crippen LogP contribution in [0.4, 0.5) is 5.69 Å². The number of amides is 1. The van der Waals surface area contributed by atoms with Crippen LogP contribution in [-0.4, -0.2) is 14.3 Å². The van der Waals surface area contributed by atoms with Crippen LogP contribution in [-0.2, 0) is 27.7 Å². The zero-order valence-electron chi connectivity index (χ0n) is 17.8. The van der Waals surface area contributed by atoms with Crippen LogP contribution in [0.2, 0.25) is 0 Å². The van der Waals surface area contributed by atoms with Gasteiger partial charge in [0.1, 0.15) is 0 Å². The molecular weight excluding hydrogens is 422 g/mol. The van der Waals surface area contributed by atoms with Gasteiger partial charge in [-0.15, -0.1) is 0 Å². The Bertz CT molecular complexity index is 1180. The van der Waals surface area contributed by atoms with E-state index >= 15 is 0 Å². The van der Waals surface area contributed by atoms with Gasteiger partial charge in [-0.3, -0.25) is 4.79 Å². The normalized spacial score (nSPS) is 12.0. The van der Waals surface area contributed by atoms with Gasteiger partial charge in [0.05, 0.1) is 17.4 Å². The summed E-state index contributed by atoms with van der Waals surface area (Å²) in [5.41, 5.74) is 3.34. The largest absolute Gasteiger partial charge is 0.326 e. The lowest BCUT2D eigenvalue weighted by molar-refractivity contribution is -0.116. The van der Waals surface area contributed by atoms with Crippen molar-refractivity contribution >= 4 is 21.6 Å². The molecule has 0 aromatic heterocycles. The number of nitrogens with zero attached hydrogens (tertiary/aromatic N) is 1. The second kappa shape index (κ2) is 10.7. The van der Waals surface area contributed by atoms with Gasteiger partial charge < -0.3 is 5.32 Å². The molecule has 0 saturated carbocycles. The summed E-state index contributed by atoms with van der Waals surface area (Å²) in [6.07, 6.45) is 1.10. The van der Waals surface area contributed by atoms with Gasteiger partial charge in [-0.05, 0) is 54.3 Å². The fourth-order valence-corrected chi connectivity index (χ4v) is 4.46. The van der Waals surface area contributed by atoms with Gasteiger partial charge in [-0.1, -0.05) is 54.6 Å². The topological polar surface area (TPSA) is 99.1 Å². The summed E-state index contributed by atoms with van der Waals surface area (Å²) in [6.45, 7) is 1.80. The Balaban J connectivity index is 1.53. The highest BCUT2D eigenvalue weighted by Crippen LogP contribution is 2.18. The van der Waals surface area contributed by atoms with Crippen LogP contribution in [0.25, 0.3) is 0 Å². The van der Waals surface area contributed by atoms with E-state index in [2.05, 4.69) is 16.1 Å². The molecular formula is C25H25N3O3S. The van der Waals surface area contributed by atoms with E-state index in [0.717, 1.165) is 16.7 Å². The molecule has 32 heavy (non-hydrogen) atoms. The maximum atomic E-state index is 12.7. The number of nitriles is 1. The minimum Gasteiger partial charge on any atom is -0.326 e. The monoisotopic (exact) mass is 447 g/mol. The van der Waals surface area contributed by atoms with Crippen molar-refractivity contribution in [1.82, 2.24) is 4.72 Å². The summed E-state index contributed by atoms with van der Waals surface area (Å²) in [5.74, 6) is -0.131. The van der Waals surface area contributed by atoms with Crippen molar-refractivity contribution in [2.45, 2.75) is 37.1 Å². The molecule has 3 aromatic rings. The van der Waals surface area contributed by atoms with Crippen LogP contribution in [0, 0.1) is 11.3 Å². The van der Waals surface area contributed by atoms with Gasteiger partial charge >= 0.3 is 0 Å². The number of nitrogens with one attached hydrogen (secondary N) is 2. The number of carbonyl (C=O) groups excluding carboxylic acids is 1. The molecule has 7 heteroatoms. The standard InChI is InChI=1S/C25H25N3O3S/c1-19(22-5-3-2-4-6-22)28-32(30,31)24-14-9-20(10-15-24)11-16-25(29)27-23-12-7-21(8-13-23)17-18-26/h2-10,12-15,19,28H,11,16-17H2,1H3,(H,27,29). The van der Waals surface area contributed by atoms with Crippen LogP contribution in [0.15, 0.2) is 83.8 Å². The van der Waals surface area contributed by atoms with E-state index in [0.29, 0.717) is 18.5 Å². The summed E-state index contributed by atoms with van der Waals surface area (Å²) < 4.78 is 28.0. The van der Waals surface area contributed by atoms with Crippen LogP contribution < -0.4 is 10.0 Å². The van der Waals surface area contributed by atoms with E-state index in [9.17, 15) is 13.2 Å². The molecule has 1 unspecified atom stereocenters. The Labute approximate surface area is 189 Å². The van der Waals surface area contributed by atoms with E-state index in [4.69, 9.17) is 5.26 Å². The molecule has 0 heterocycles. The molecule has 6 nitrogen and oxygen atoms in total. The first-order chi connectivity index (χ1) is 15.4. The summed E-state index contributed by atoms with van der Waals surface area (Å²) >= 11 is 0. The lowest BCUT2D eigenvalue weighted by Crippen LogP contribution is -2.26. The van der Waals surface area contributed by atoms with Gasteiger partial charge in [0.2, 0.25) is 15.9 Å². The Morgan fingerprint density at radius 3 is 2.19 bits per heavy atom. The van der Waals surface area contributed by atoms with Gasteiger partial charge in [-0.2, -0.15) is 5.26 Å². The molecule has 1 amide bonds. The third-order valence-electron chi connectivity index (χ3n) is 5.03. The lowest BCUT2D eigenvalue weighted by atomic mass is 10.1. The van der Waals surface area contributed by atoms with Crippen molar-refractivity contribution in [3.63, 3.8) is 0 Å². The third kappa shape index (κ3) is 6.51. The molecule has 164 valence electrons. The number of aryl methyl sites for hydroxylation is 1. The predicted molar refractivity (Wildman–Crippen MR) is 124 cm³/mol. The highest BCUT2D eigenvalue weighted by Gasteiger charge is 2.18. The molecule has 2 N–H and O–H groups in total. The highest BCUT2D eigenvalue weighted by molar-refractivity contribution is 7.89. The highest BCUT2D eigenvalue weighted by atomic mass is 32.2. The minimum atomic E-state index is -3.65. The molecule has 3 aromatic carbocycles. The number of rotatable bonds is 9.